The average molecular weight is 1040 g/mol. The Labute approximate surface area is 446 Å². The zero-order valence-corrected chi connectivity index (χ0v) is 41.6. The molecule has 2 N–H and O–H groups in total. The number of ether oxygens (including phenoxy) is 3. The first-order valence-corrected chi connectivity index (χ1v) is 25.3. The molecule has 5 heterocycles. The molecule has 8 aromatic rings. The number of anilines is 3. The molecule has 12 rings (SSSR count). The maximum absolute atomic E-state index is 16.7. The van der Waals surface area contributed by atoms with Crippen LogP contribution in [0.1, 0.15) is 51.6 Å². The highest BCUT2D eigenvalue weighted by molar-refractivity contribution is 6.24. The number of carbonyl (C=O) groups is 4. The Kier molecular flexibility index (Phi) is 12.9. The van der Waals surface area contributed by atoms with Crippen LogP contribution in [-0.4, -0.2) is 86.1 Å². The van der Waals surface area contributed by atoms with Crippen LogP contribution < -0.4 is 15.1 Å². The minimum atomic E-state index is -2.17. The van der Waals surface area contributed by atoms with Crippen molar-refractivity contribution >= 4 is 57.7 Å². The van der Waals surface area contributed by atoms with E-state index in [-0.39, 0.29) is 35.8 Å². The maximum Gasteiger partial charge on any atom is 0.421 e. The number of nitrogens with one attached hydrogen (secondary N) is 1. The Morgan fingerprint density at radius 3 is 2.21 bits per heavy atom. The fraction of sp³-hybridized carbons (Fsp3) is 0.200. The minimum Gasteiger partial charge on any atom is -0.508 e. The Hall–Kier alpha value is -9.70. The number of hydrogen-bond donors (Lipinski definition) is 2. The van der Waals surface area contributed by atoms with Crippen LogP contribution in [0.3, 0.4) is 0 Å². The number of cyclic esters (lactones) is 1. The van der Waals surface area contributed by atoms with Gasteiger partial charge in [0.05, 0.1) is 47.3 Å². The molecule has 388 valence electrons. The van der Waals surface area contributed by atoms with Crippen molar-refractivity contribution in [3.8, 4) is 17.6 Å². The fourth-order valence-corrected chi connectivity index (χ4v) is 11.6. The van der Waals surface area contributed by atoms with Gasteiger partial charge in [-0.3, -0.25) is 29.4 Å². The van der Waals surface area contributed by atoms with E-state index in [9.17, 15) is 15.2 Å². The number of non-ortho nitro benzene ring substituents is 1. The van der Waals surface area contributed by atoms with E-state index in [1.54, 1.807) is 47.1 Å². The molecule has 0 aliphatic carbocycles. The molecular formula is C60H48N8O10. The van der Waals surface area contributed by atoms with Gasteiger partial charge in [-0.2, -0.15) is 0 Å². The van der Waals surface area contributed by atoms with Crippen molar-refractivity contribution in [2.75, 3.05) is 41.4 Å². The third-order valence-corrected chi connectivity index (χ3v) is 15.0. The summed E-state index contributed by atoms with van der Waals surface area (Å²) in [7, 11) is 0. The highest BCUT2D eigenvalue weighted by Gasteiger charge is 2.76. The lowest BCUT2D eigenvalue weighted by Crippen LogP contribution is -2.54. The molecule has 0 radical (unpaired) electrons. The molecule has 78 heavy (non-hydrogen) atoms. The van der Waals surface area contributed by atoms with Gasteiger partial charge in [-0.05, 0) is 107 Å². The molecule has 4 aliphatic heterocycles. The van der Waals surface area contributed by atoms with Crippen molar-refractivity contribution in [1.29, 1.82) is 0 Å². The van der Waals surface area contributed by atoms with E-state index in [0.29, 0.717) is 65.3 Å². The lowest BCUT2D eigenvalue weighted by Gasteiger charge is -2.46. The van der Waals surface area contributed by atoms with Gasteiger partial charge in [-0.1, -0.05) is 102 Å². The van der Waals surface area contributed by atoms with Gasteiger partial charge in [-0.15, -0.1) is 5.10 Å². The molecule has 0 saturated carbocycles. The van der Waals surface area contributed by atoms with Gasteiger partial charge in [0.25, 0.3) is 5.69 Å². The first-order valence-electron chi connectivity index (χ1n) is 25.3. The van der Waals surface area contributed by atoms with Crippen LogP contribution in [0.15, 0.2) is 176 Å². The van der Waals surface area contributed by atoms with Gasteiger partial charge in [-0.25, -0.2) is 14.4 Å². The molecule has 0 unspecified atom stereocenters. The normalized spacial score (nSPS) is 21.6. The maximum atomic E-state index is 16.7. The summed E-state index contributed by atoms with van der Waals surface area (Å²) in [5.41, 5.74) is 3.27. The molecule has 1 aromatic heterocycles. The molecule has 1 spiro atoms. The first-order chi connectivity index (χ1) is 38.1. The molecular weight excluding hydrogens is 993 g/mol. The Balaban J connectivity index is 1.06. The standard InChI is InChI=1S/C60H48N8O10/c69-46-28-20-42(21-29-46)55-60(47-36-38(10-9-31-65-50-16-8-7-15-48(50)62-63-65)19-30-49(47)66(58(60)72)59(73)77-37-39-17-24-45(25-18-39)68(74)75)51(56(70)61-43-22-26-44(27-23-43)64-32-34-76-35-33-64)53-57(71)78-54(41-13-5-2-6-14-41)52(67(53)55)40-11-3-1-4-12-40/h1-8,11-30,36,51-55,69H,31-35,37H2,(H,61,70)/t51-,52-,53-,54+,55+,60-/m1/s1. The lowest BCUT2D eigenvalue weighted by atomic mass is 9.65. The summed E-state index contributed by atoms with van der Waals surface area (Å²) in [6.07, 6.45) is -2.09. The second-order valence-electron chi connectivity index (χ2n) is 19.4. The molecule has 18 heteroatoms. The van der Waals surface area contributed by atoms with Crippen molar-refractivity contribution in [2.24, 2.45) is 5.92 Å². The summed E-state index contributed by atoms with van der Waals surface area (Å²) in [5.74, 6) is 2.31. The third kappa shape index (κ3) is 8.70. The van der Waals surface area contributed by atoms with Crippen LogP contribution >= 0.6 is 0 Å². The Morgan fingerprint density at radius 1 is 0.795 bits per heavy atom. The van der Waals surface area contributed by atoms with Crippen LogP contribution in [0.5, 0.6) is 5.75 Å². The summed E-state index contributed by atoms with van der Waals surface area (Å²) in [6.45, 7) is 2.24. The third-order valence-electron chi connectivity index (χ3n) is 15.0. The first kappa shape index (κ1) is 49.2. The SMILES string of the molecule is O=C1O[C@@H](c2ccccc2)[C@@H](c2ccccc2)N2[C@@H](c3ccc(O)cc3)[C@]3(C(=O)N(C(=O)OCc4ccc([N+](=O)[O-])cc4)c4ccc(C#CCn5nnc6ccccc65)cc43)[C@@H](C(=O)Nc3ccc(N4CCOCC4)cc3)[C@H]12. The molecule has 7 aromatic carbocycles. The number of nitro benzene ring substituents is 1. The number of carbonyl (C=O) groups excluding carboxylic acids is 4. The molecule has 3 amide bonds. The molecule has 3 saturated heterocycles. The second-order valence-corrected chi connectivity index (χ2v) is 19.4. The number of benzene rings is 7. The van der Waals surface area contributed by atoms with Crippen molar-refractivity contribution in [1.82, 2.24) is 19.9 Å². The summed E-state index contributed by atoms with van der Waals surface area (Å²) >= 11 is 0. The summed E-state index contributed by atoms with van der Waals surface area (Å²) in [5, 5.41) is 34.0. The highest BCUT2D eigenvalue weighted by atomic mass is 16.6. The highest BCUT2D eigenvalue weighted by Crippen LogP contribution is 2.66. The molecule has 0 bridgehead atoms. The summed E-state index contributed by atoms with van der Waals surface area (Å²) in [6, 6.07) is 46.4. The Morgan fingerprint density at radius 2 is 1.49 bits per heavy atom. The number of esters is 1. The number of hydrogen-bond acceptors (Lipinski definition) is 14. The quantitative estimate of drug-likeness (QED) is 0.0569. The van der Waals surface area contributed by atoms with Crippen molar-refractivity contribution in [3.05, 3.63) is 219 Å². The Bertz CT molecular complexity index is 3670. The predicted molar refractivity (Wildman–Crippen MR) is 286 cm³/mol. The lowest BCUT2D eigenvalue weighted by molar-refractivity contribution is -0.384. The molecule has 3 fully saturated rings. The minimum absolute atomic E-state index is 0.0713. The molecule has 6 atom stereocenters. The second kappa shape index (κ2) is 20.4. The van der Waals surface area contributed by atoms with Gasteiger partial charge in [0, 0.05) is 42.2 Å². The largest absolute Gasteiger partial charge is 0.508 e. The summed E-state index contributed by atoms with van der Waals surface area (Å²) < 4.78 is 19.8. The van der Waals surface area contributed by atoms with Crippen molar-refractivity contribution in [3.63, 3.8) is 0 Å². The number of fused-ring (bicyclic) bond motifs is 4. The number of aromatic nitrogens is 3. The number of rotatable bonds is 10. The van der Waals surface area contributed by atoms with Crippen molar-refractivity contribution < 1.29 is 43.4 Å². The summed E-state index contributed by atoms with van der Waals surface area (Å²) in [4.78, 5) is 79.3. The monoisotopic (exact) mass is 1040 g/mol. The van der Waals surface area contributed by atoms with Gasteiger partial charge in [0.2, 0.25) is 11.8 Å². The smallest absolute Gasteiger partial charge is 0.421 e. The van der Waals surface area contributed by atoms with Gasteiger partial charge in [0.1, 0.15) is 42.0 Å². The van der Waals surface area contributed by atoms with Gasteiger partial charge < -0.3 is 29.5 Å². The number of morpholine rings is 2. The van der Waals surface area contributed by atoms with Gasteiger partial charge in [0.15, 0.2) is 0 Å². The number of amides is 3. The van der Waals surface area contributed by atoms with E-state index in [1.165, 1.54) is 36.4 Å². The number of phenols is 1. The number of nitro groups is 1. The van der Waals surface area contributed by atoms with Crippen LogP contribution in [0.4, 0.5) is 27.5 Å². The topological polar surface area (TPSA) is 212 Å². The van der Waals surface area contributed by atoms with Crippen LogP contribution in [-0.2, 0) is 47.2 Å². The number of para-hydroxylation sites is 1. The van der Waals surface area contributed by atoms with Crippen LogP contribution in [0.25, 0.3) is 11.0 Å². The van der Waals surface area contributed by atoms with E-state index in [1.807, 2.05) is 102 Å². The molecule has 4 aliphatic rings. The number of nitrogens with zero attached hydrogens (tertiary/aromatic N) is 7. The van der Waals surface area contributed by atoms with E-state index in [4.69, 9.17) is 14.2 Å². The zero-order chi connectivity index (χ0) is 53.5. The average Bonchev–Trinajstić information content (AvgIpc) is 2.50. The van der Waals surface area contributed by atoms with E-state index in [0.717, 1.165) is 16.1 Å². The number of aromatic hydroxyl groups is 1. The fourth-order valence-electron chi connectivity index (χ4n) is 11.6. The van der Waals surface area contributed by atoms with Crippen LogP contribution in [0, 0.1) is 27.9 Å². The van der Waals surface area contributed by atoms with E-state index in [2.05, 4.69) is 32.4 Å². The van der Waals surface area contributed by atoms with E-state index < -0.39 is 64.4 Å². The number of imide groups is 1. The van der Waals surface area contributed by atoms with Gasteiger partial charge >= 0.3 is 12.1 Å². The number of phenolic OH excluding ortho intramolecular Hbond substituents is 1. The zero-order valence-electron chi connectivity index (χ0n) is 41.6. The molecule has 18 nitrogen and oxygen atoms in total. The van der Waals surface area contributed by atoms with Crippen molar-refractivity contribution in [2.45, 2.75) is 42.8 Å². The van der Waals surface area contributed by atoms with E-state index >= 15 is 19.2 Å². The van der Waals surface area contributed by atoms with Crippen LogP contribution in [0.2, 0.25) is 0 Å². The predicted octanol–water partition coefficient (Wildman–Crippen LogP) is 8.57.